The molecular formula is C15H21N5O. The van der Waals surface area contributed by atoms with Gasteiger partial charge in [-0.15, -0.1) is 5.10 Å². The lowest BCUT2D eigenvalue weighted by Gasteiger charge is -2.30. The second kappa shape index (κ2) is 6.22. The summed E-state index contributed by atoms with van der Waals surface area (Å²) in [5.41, 5.74) is 2.07. The third-order valence-electron chi connectivity index (χ3n) is 3.91. The molecule has 0 spiro atoms. The molecule has 2 unspecified atom stereocenters. The SMILES string of the molecule is CCC1CC(Nc2cccc(-n3nnnc3C)c2)CCO1. The Morgan fingerprint density at radius 2 is 2.33 bits per heavy atom. The Morgan fingerprint density at radius 1 is 1.43 bits per heavy atom. The van der Waals surface area contributed by atoms with Gasteiger partial charge in [0.15, 0.2) is 5.82 Å². The van der Waals surface area contributed by atoms with E-state index in [0.29, 0.717) is 12.1 Å². The van der Waals surface area contributed by atoms with E-state index in [4.69, 9.17) is 4.74 Å². The molecule has 1 saturated heterocycles. The maximum atomic E-state index is 5.72. The molecule has 1 aromatic heterocycles. The fourth-order valence-corrected chi connectivity index (χ4v) is 2.73. The highest BCUT2D eigenvalue weighted by atomic mass is 16.5. The predicted molar refractivity (Wildman–Crippen MR) is 80.6 cm³/mol. The first-order valence-electron chi connectivity index (χ1n) is 7.50. The molecule has 2 heterocycles. The van der Waals surface area contributed by atoms with Gasteiger partial charge in [0.2, 0.25) is 0 Å². The predicted octanol–water partition coefficient (Wildman–Crippen LogP) is 2.34. The first-order valence-corrected chi connectivity index (χ1v) is 7.50. The summed E-state index contributed by atoms with van der Waals surface area (Å²) in [4.78, 5) is 0. The third kappa shape index (κ3) is 3.21. The molecule has 1 aliphatic rings. The maximum absolute atomic E-state index is 5.72. The van der Waals surface area contributed by atoms with Gasteiger partial charge in [-0.3, -0.25) is 0 Å². The molecule has 1 N–H and O–H groups in total. The summed E-state index contributed by atoms with van der Waals surface area (Å²) in [5.74, 6) is 0.782. The summed E-state index contributed by atoms with van der Waals surface area (Å²) < 4.78 is 7.46. The molecule has 1 aromatic carbocycles. The molecular weight excluding hydrogens is 266 g/mol. The lowest BCUT2D eigenvalue weighted by atomic mass is 10.0. The molecule has 6 heteroatoms. The zero-order valence-corrected chi connectivity index (χ0v) is 12.5. The van der Waals surface area contributed by atoms with E-state index in [1.807, 2.05) is 19.1 Å². The van der Waals surface area contributed by atoms with Gasteiger partial charge in [0.1, 0.15) is 0 Å². The van der Waals surface area contributed by atoms with Crippen LogP contribution in [0, 0.1) is 6.92 Å². The Labute approximate surface area is 124 Å². The van der Waals surface area contributed by atoms with Gasteiger partial charge in [0.05, 0.1) is 11.8 Å². The summed E-state index contributed by atoms with van der Waals surface area (Å²) in [7, 11) is 0. The van der Waals surface area contributed by atoms with Gasteiger partial charge in [0, 0.05) is 18.3 Å². The normalized spacial score (nSPS) is 22.2. The Hall–Kier alpha value is -1.95. The van der Waals surface area contributed by atoms with E-state index in [1.165, 1.54) is 0 Å². The van der Waals surface area contributed by atoms with Gasteiger partial charge in [-0.05, 0) is 54.8 Å². The van der Waals surface area contributed by atoms with Crippen molar-refractivity contribution >= 4 is 5.69 Å². The lowest BCUT2D eigenvalue weighted by Crippen LogP contribution is -2.33. The van der Waals surface area contributed by atoms with Crippen molar-refractivity contribution in [2.45, 2.75) is 45.3 Å². The van der Waals surface area contributed by atoms with Crippen LogP contribution in [0.15, 0.2) is 24.3 Å². The smallest absolute Gasteiger partial charge is 0.153 e. The van der Waals surface area contributed by atoms with Crippen molar-refractivity contribution in [2.75, 3.05) is 11.9 Å². The number of anilines is 1. The van der Waals surface area contributed by atoms with E-state index in [0.717, 1.165) is 43.1 Å². The quantitative estimate of drug-likeness (QED) is 0.935. The molecule has 0 amide bonds. The molecule has 6 nitrogen and oxygen atoms in total. The minimum atomic E-state index is 0.376. The van der Waals surface area contributed by atoms with Gasteiger partial charge in [-0.25, -0.2) is 0 Å². The van der Waals surface area contributed by atoms with E-state index in [-0.39, 0.29) is 0 Å². The summed E-state index contributed by atoms with van der Waals surface area (Å²) >= 11 is 0. The fraction of sp³-hybridized carbons (Fsp3) is 0.533. The number of hydrogen-bond acceptors (Lipinski definition) is 5. The van der Waals surface area contributed by atoms with Crippen LogP contribution < -0.4 is 5.32 Å². The minimum absolute atomic E-state index is 0.376. The summed E-state index contributed by atoms with van der Waals surface area (Å²) in [6, 6.07) is 8.66. The van der Waals surface area contributed by atoms with Crippen LogP contribution >= 0.6 is 0 Å². The average Bonchev–Trinajstić information content (AvgIpc) is 2.94. The number of benzene rings is 1. The van der Waals surface area contributed by atoms with Crippen LogP contribution in [0.3, 0.4) is 0 Å². The van der Waals surface area contributed by atoms with Crippen molar-refractivity contribution in [2.24, 2.45) is 0 Å². The van der Waals surface area contributed by atoms with Crippen LogP contribution in [0.25, 0.3) is 5.69 Å². The minimum Gasteiger partial charge on any atom is -0.382 e. The van der Waals surface area contributed by atoms with Gasteiger partial charge >= 0.3 is 0 Å². The van der Waals surface area contributed by atoms with Gasteiger partial charge < -0.3 is 10.1 Å². The van der Waals surface area contributed by atoms with Crippen molar-refractivity contribution in [3.63, 3.8) is 0 Å². The van der Waals surface area contributed by atoms with E-state index in [1.54, 1.807) is 4.68 Å². The van der Waals surface area contributed by atoms with Crippen LogP contribution in [0.2, 0.25) is 0 Å². The Kier molecular flexibility index (Phi) is 4.15. The molecule has 2 atom stereocenters. The van der Waals surface area contributed by atoms with Crippen molar-refractivity contribution in [1.82, 2.24) is 20.2 Å². The largest absolute Gasteiger partial charge is 0.382 e. The maximum Gasteiger partial charge on any atom is 0.153 e. The Bertz CT molecular complexity index is 597. The number of rotatable bonds is 4. The van der Waals surface area contributed by atoms with Gasteiger partial charge in [-0.1, -0.05) is 13.0 Å². The number of aryl methyl sites for hydroxylation is 1. The molecule has 2 aromatic rings. The molecule has 0 bridgehead atoms. The van der Waals surface area contributed by atoms with Gasteiger partial charge in [0.25, 0.3) is 0 Å². The van der Waals surface area contributed by atoms with Crippen LogP contribution in [0.4, 0.5) is 5.69 Å². The van der Waals surface area contributed by atoms with E-state index in [2.05, 4.69) is 39.9 Å². The van der Waals surface area contributed by atoms with E-state index < -0.39 is 0 Å². The van der Waals surface area contributed by atoms with E-state index >= 15 is 0 Å². The molecule has 0 aliphatic carbocycles. The molecule has 21 heavy (non-hydrogen) atoms. The van der Waals surface area contributed by atoms with Crippen LogP contribution in [0.5, 0.6) is 0 Å². The molecule has 0 saturated carbocycles. The highest BCUT2D eigenvalue weighted by molar-refractivity contribution is 5.51. The lowest BCUT2D eigenvalue weighted by molar-refractivity contribution is 0.00926. The zero-order chi connectivity index (χ0) is 14.7. The number of nitrogens with zero attached hydrogens (tertiary/aromatic N) is 4. The molecule has 3 rings (SSSR count). The molecule has 1 aliphatic heterocycles. The second-order valence-corrected chi connectivity index (χ2v) is 5.45. The molecule has 0 radical (unpaired) electrons. The average molecular weight is 287 g/mol. The second-order valence-electron chi connectivity index (χ2n) is 5.45. The Balaban J connectivity index is 1.73. The molecule has 1 fully saturated rings. The van der Waals surface area contributed by atoms with Gasteiger partial charge in [-0.2, -0.15) is 4.68 Å². The number of aromatic nitrogens is 4. The van der Waals surface area contributed by atoms with Crippen LogP contribution in [0.1, 0.15) is 32.0 Å². The summed E-state index contributed by atoms with van der Waals surface area (Å²) in [6.07, 6.45) is 3.55. The molecule has 112 valence electrons. The first-order chi connectivity index (χ1) is 10.3. The number of hydrogen-bond donors (Lipinski definition) is 1. The number of nitrogens with one attached hydrogen (secondary N) is 1. The summed E-state index contributed by atoms with van der Waals surface area (Å²) in [6.45, 7) is 4.90. The zero-order valence-electron chi connectivity index (χ0n) is 12.5. The van der Waals surface area contributed by atoms with Crippen molar-refractivity contribution in [1.29, 1.82) is 0 Å². The van der Waals surface area contributed by atoms with Crippen LogP contribution in [-0.2, 0) is 4.74 Å². The van der Waals surface area contributed by atoms with Crippen molar-refractivity contribution in [3.8, 4) is 5.69 Å². The third-order valence-corrected chi connectivity index (χ3v) is 3.91. The number of ether oxygens (including phenoxy) is 1. The first kappa shape index (κ1) is 14.0. The highest BCUT2D eigenvalue weighted by Gasteiger charge is 2.21. The van der Waals surface area contributed by atoms with Crippen molar-refractivity contribution < 1.29 is 4.74 Å². The fourth-order valence-electron chi connectivity index (χ4n) is 2.73. The Morgan fingerprint density at radius 3 is 3.10 bits per heavy atom. The number of tetrazole rings is 1. The summed E-state index contributed by atoms with van der Waals surface area (Å²) in [5, 5.41) is 15.2. The van der Waals surface area contributed by atoms with Crippen LogP contribution in [-0.4, -0.2) is 39.0 Å². The highest BCUT2D eigenvalue weighted by Crippen LogP contribution is 2.22. The standard InChI is InChI=1S/C15H21N5O/c1-3-15-10-13(7-8-21-15)16-12-5-4-6-14(9-12)20-11(2)17-18-19-20/h4-6,9,13,15-16H,3,7-8,10H2,1-2H3. The topological polar surface area (TPSA) is 64.9 Å². The monoisotopic (exact) mass is 287 g/mol. The van der Waals surface area contributed by atoms with Crippen molar-refractivity contribution in [3.05, 3.63) is 30.1 Å². The van der Waals surface area contributed by atoms with E-state index in [9.17, 15) is 0 Å².